The molecule has 1 saturated heterocycles. The molecule has 0 aliphatic carbocycles. The summed E-state index contributed by atoms with van der Waals surface area (Å²) in [5.74, 6) is 0.597. The second-order valence-electron chi connectivity index (χ2n) is 7.94. The van der Waals surface area contributed by atoms with Crippen molar-refractivity contribution in [3.63, 3.8) is 0 Å². The molecule has 1 fully saturated rings. The lowest BCUT2D eigenvalue weighted by molar-refractivity contribution is 0.0947. The third-order valence-electron chi connectivity index (χ3n) is 4.43. The van der Waals surface area contributed by atoms with Gasteiger partial charge >= 0.3 is 0 Å². The van der Waals surface area contributed by atoms with Gasteiger partial charge in [-0.1, -0.05) is 20.8 Å². The van der Waals surface area contributed by atoms with Crippen LogP contribution in [0.25, 0.3) is 10.9 Å². The number of aromatic amines is 1. The van der Waals surface area contributed by atoms with Crippen molar-refractivity contribution in [3.05, 3.63) is 36.0 Å². The van der Waals surface area contributed by atoms with Gasteiger partial charge in [0.2, 0.25) is 0 Å². The van der Waals surface area contributed by atoms with Gasteiger partial charge in [-0.3, -0.25) is 4.79 Å². The van der Waals surface area contributed by atoms with Crippen molar-refractivity contribution in [1.82, 2.24) is 15.2 Å². The van der Waals surface area contributed by atoms with Crippen molar-refractivity contribution < 1.29 is 4.79 Å². The number of carbonyl (C=O) groups is 1. The van der Waals surface area contributed by atoms with E-state index in [1.807, 2.05) is 30.5 Å². The Morgan fingerprint density at radius 3 is 2.96 bits per heavy atom. The van der Waals surface area contributed by atoms with Gasteiger partial charge in [-0.15, -0.1) is 0 Å². The zero-order valence-corrected chi connectivity index (χ0v) is 14.4. The Balaban J connectivity index is 1.51. The van der Waals surface area contributed by atoms with Crippen LogP contribution >= 0.6 is 0 Å². The van der Waals surface area contributed by atoms with Crippen LogP contribution < -0.4 is 5.32 Å². The predicted octanol–water partition coefficient (Wildman–Crippen LogP) is 3.27. The van der Waals surface area contributed by atoms with Gasteiger partial charge in [-0.2, -0.15) is 0 Å². The summed E-state index contributed by atoms with van der Waals surface area (Å²) in [5, 5.41) is 4.18. The SMILES string of the molecule is CC(C)(C)CN1CC[C@H](CNC(=O)c2ccc3[nH]ccc3c2)C1. The molecule has 4 nitrogen and oxygen atoms in total. The largest absolute Gasteiger partial charge is 0.361 e. The van der Waals surface area contributed by atoms with E-state index < -0.39 is 0 Å². The fourth-order valence-corrected chi connectivity index (χ4v) is 3.43. The maximum Gasteiger partial charge on any atom is 0.251 e. The molecule has 1 aliphatic rings. The fraction of sp³-hybridized carbons (Fsp3) is 0.526. The first-order valence-electron chi connectivity index (χ1n) is 8.48. The summed E-state index contributed by atoms with van der Waals surface area (Å²) in [6.07, 6.45) is 3.07. The van der Waals surface area contributed by atoms with Crippen molar-refractivity contribution in [2.45, 2.75) is 27.2 Å². The molecule has 2 aromatic rings. The number of rotatable bonds is 4. The first-order chi connectivity index (χ1) is 10.9. The second kappa shape index (κ2) is 6.36. The van der Waals surface area contributed by atoms with Crippen LogP contribution in [0.3, 0.4) is 0 Å². The monoisotopic (exact) mass is 313 g/mol. The van der Waals surface area contributed by atoms with Crippen molar-refractivity contribution in [1.29, 1.82) is 0 Å². The van der Waals surface area contributed by atoms with Gasteiger partial charge in [0.05, 0.1) is 0 Å². The second-order valence-corrected chi connectivity index (χ2v) is 7.94. The summed E-state index contributed by atoms with van der Waals surface area (Å²) in [6, 6.07) is 7.79. The van der Waals surface area contributed by atoms with Gasteiger partial charge in [0.25, 0.3) is 5.91 Å². The third kappa shape index (κ3) is 4.14. The molecule has 0 saturated carbocycles. The molecule has 0 unspecified atom stereocenters. The highest BCUT2D eigenvalue weighted by Crippen LogP contribution is 2.22. The number of H-pyrrole nitrogens is 1. The molecule has 1 aromatic heterocycles. The van der Waals surface area contributed by atoms with Crippen LogP contribution in [0.15, 0.2) is 30.5 Å². The Morgan fingerprint density at radius 1 is 1.35 bits per heavy atom. The number of likely N-dealkylation sites (tertiary alicyclic amines) is 1. The molecule has 23 heavy (non-hydrogen) atoms. The first-order valence-corrected chi connectivity index (χ1v) is 8.48. The molecule has 2 N–H and O–H groups in total. The highest BCUT2D eigenvalue weighted by Gasteiger charge is 2.26. The van der Waals surface area contributed by atoms with Crippen molar-refractivity contribution in [2.24, 2.45) is 11.3 Å². The maximum atomic E-state index is 12.3. The lowest BCUT2D eigenvalue weighted by Crippen LogP contribution is -2.33. The van der Waals surface area contributed by atoms with E-state index >= 15 is 0 Å². The summed E-state index contributed by atoms with van der Waals surface area (Å²) < 4.78 is 0. The van der Waals surface area contributed by atoms with Crippen molar-refractivity contribution >= 4 is 16.8 Å². The van der Waals surface area contributed by atoms with Gasteiger partial charge in [0, 0.05) is 42.3 Å². The number of amides is 1. The Kier molecular flexibility index (Phi) is 4.44. The van der Waals surface area contributed by atoms with Crippen molar-refractivity contribution in [2.75, 3.05) is 26.2 Å². The van der Waals surface area contributed by atoms with E-state index in [1.54, 1.807) is 0 Å². The quantitative estimate of drug-likeness (QED) is 0.910. The smallest absolute Gasteiger partial charge is 0.251 e. The molecule has 3 rings (SSSR count). The molecular formula is C19H27N3O. The number of hydrogen-bond acceptors (Lipinski definition) is 2. The maximum absolute atomic E-state index is 12.3. The molecule has 0 bridgehead atoms. The van der Waals surface area contributed by atoms with Gasteiger partial charge in [-0.25, -0.2) is 0 Å². The van der Waals surface area contributed by atoms with Gasteiger partial charge in [0.1, 0.15) is 0 Å². The van der Waals surface area contributed by atoms with E-state index in [0.29, 0.717) is 11.3 Å². The van der Waals surface area contributed by atoms with E-state index in [9.17, 15) is 4.79 Å². The average Bonchev–Trinajstić information content (AvgIpc) is 3.11. The standard InChI is InChI=1S/C19H27N3O/c1-19(2,3)13-22-9-7-14(12-22)11-21-18(23)16-4-5-17-15(10-16)6-8-20-17/h4-6,8,10,14,20H,7,9,11-13H2,1-3H3,(H,21,23)/t14-/m1/s1. The number of nitrogens with one attached hydrogen (secondary N) is 2. The Morgan fingerprint density at radius 2 is 2.17 bits per heavy atom. The van der Waals surface area contributed by atoms with E-state index in [0.717, 1.165) is 42.6 Å². The molecule has 1 aromatic carbocycles. The summed E-state index contributed by atoms with van der Waals surface area (Å²) >= 11 is 0. The molecule has 0 radical (unpaired) electrons. The van der Waals surface area contributed by atoms with Crippen LogP contribution in [0.1, 0.15) is 37.6 Å². The minimum Gasteiger partial charge on any atom is -0.361 e. The van der Waals surface area contributed by atoms with E-state index in [4.69, 9.17) is 0 Å². The first kappa shape index (κ1) is 16.1. The fourth-order valence-electron chi connectivity index (χ4n) is 3.43. The van der Waals surface area contributed by atoms with Gasteiger partial charge in [0.15, 0.2) is 0 Å². The number of fused-ring (bicyclic) bond motifs is 1. The van der Waals surface area contributed by atoms with Gasteiger partial charge in [-0.05, 0) is 48.6 Å². The highest BCUT2D eigenvalue weighted by molar-refractivity contribution is 5.98. The van der Waals surface area contributed by atoms with Gasteiger partial charge < -0.3 is 15.2 Å². The normalized spacial score (nSPS) is 19.3. The van der Waals surface area contributed by atoms with Crippen LogP contribution in [0.2, 0.25) is 0 Å². The van der Waals surface area contributed by atoms with Crippen LogP contribution in [-0.4, -0.2) is 42.0 Å². The minimum atomic E-state index is 0.0300. The lowest BCUT2D eigenvalue weighted by Gasteiger charge is -2.26. The molecule has 2 heterocycles. The summed E-state index contributed by atoms with van der Waals surface area (Å²) in [5.41, 5.74) is 2.14. The topological polar surface area (TPSA) is 48.1 Å². The van der Waals surface area contributed by atoms with E-state index in [1.165, 1.54) is 6.42 Å². The summed E-state index contributed by atoms with van der Waals surface area (Å²) in [7, 11) is 0. The Bertz CT molecular complexity index is 683. The number of nitrogens with zero attached hydrogens (tertiary/aromatic N) is 1. The third-order valence-corrected chi connectivity index (χ3v) is 4.43. The summed E-state index contributed by atoms with van der Waals surface area (Å²) in [4.78, 5) is 18.0. The molecular weight excluding hydrogens is 286 g/mol. The average molecular weight is 313 g/mol. The molecule has 1 aliphatic heterocycles. The number of hydrogen-bond donors (Lipinski definition) is 2. The minimum absolute atomic E-state index is 0.0300. The Hall–Kier alpha value is -1.81. The van der Waals surface area contributed by atoms with E-state index in [-0.39, 0.29) is 5.91 Å². The molecule has 0 spiro atoms. The molecule has 124 valence electrons. The molecule has 4 heteroatoms. The summed E-state index contributed by atoms with van der Waals surface area (Å²) in [6.45, 7) is 11.0. The van der Waals surface area contributed by atoms with Crippen LogP contribution in [0, 0.1) is 11.3 Å². The lowest BCUT2D eigenvalue weighted by atomic mass is 9.96. The molecule has 1 atom stereocenters. The van der Waals surface area contributed by atoms with Crippen LogP contribution in [-0.2, 0) is 0 Å². The Labute approximate surface area is 138 Å². The zero-order chi connectivity index (χ0) is 16.4. The number of benzene rings is 1. The van der Waals surface area contributed by atoms with Crippen LogP contribution in [0.5, 0.6) is 0 Å². The van der Waals surface area contributed by atoms with Crippen LogP contribution in [0.4, 0.5) is 0 Å². The number of aromatic nitrogens is 1. The van der Waals surface area contributed by atoms with E-state index in [2.05, 4.69) is 36.0 Å². The predicted molar refractivity (Wildman–Crippen MR) is 94.6 cm³/mol. The molecule has 1 amide bonds. The number of carbonyl (C=O) groups excluding carboxylic acids is 1. The van der Waals surface area contributed by atoms with Crippen molar-refractivity contribution in [3.8, 4) is 0 Å². The zero-order valence-electron chi connectivity index (χ0n) is 14.4. The highest BCUT2D eigenvalue weighted by atomic mass is 16.1.